The molecule has 1 atom stereocenters. The van der Waals surface area contributed by atoms with Crippen LogP contribution < -0.4 is 5.32 Å². The van der Waals surface area contributed by atoms with E-state index in [1.54, 1.807) is 0 Å². The molecule has 0 bridgehead atoms. The number of hydrogen-bond donors (Lipinski definition) is 1. The van der Waals surface area contributed by atoms with Gasteiger partial charge in [-0.1, -0.05) is 38.5 Å². The largest absolute Gasteiger partial charge is 0.317 e. The van der Waals surface area contributed by atoms with Crippen LogP contribution in [0.15, 0.2) is 0 Å². The minimum absolute atomic E-state index is 0.484. The maximum Gasteiger partial charge on any atom is 0.176 e. The maximum atomic E-state index is 4.26. The molecular weight excluding hydrogens is 226 g/mol. The van der Waals surface area contributed by atoms with Crippen LogP contribution in [0.25, 0.3) is 0 Å². The fraction of sp³-hybridized carbons (Fsp3) is 0.923. The Morgan fingerprint density at radius 2 is 2.00 bits per heavy atom. The summed E-state index contributed by atoms with van der Waals surface area (Å²) in [5.41, 5.74) is 0. The van der Waals surface area contributed by atoms with Gasteiger partial charge in [0.2, 0.25) is 0 Å². The van der Waals surface area contributed by atoms with Gasteiger partial charge in [0.25, 0.3) is 0 Å². The van der Waals surface area contributed by atoms with Gasteiger partial charge in [-0.25, -0.2) is 0 Å². The van der Waals surface area contributed by atoms with Crippen molar-refractivity contribution in [2.45, 2.75) is 57.4 Å². The molecule has 1 aromatic heterocycles. The molecule has 2 rings (SSSR count). The Labute approximate surface area is 109 Å². The number of hydrogen-bond acceptors (Lipinski definition) is 4. The van der Waals surface area contributed by atoms with Crippen molar-refractivity contribution in [1.29, 1.82) is 0 Å². The lowest BCUT2D eigenvalue weighted by molar-refractivity contribution is 0.358. The number of likely N-dealkylation sites (N-methyl/N-ethyl adjacent to an activating group) is 1. The average molecular weight is 251 g/mol. The Morgan fingerprint density at radius 1 is 1.28 bits per heavy atom. The van der Waals surface area contributed by atoms with E-state index in [1.165, 1.54) is 49.7 Å². The van der Waals surface area contributed by atoms with Gasteiger partial charge in [-0.15, -0.1) is 10.2 Å². The lowest BCUT2D eigenvalue weighted by atomic mass is 9.91. The zero-order valence-corrected chi connectivity index (χ0v) is 11.6. The number of aryl methyl sites for hydroxylation is 1. The first-order valence-electron chi connectivity index (χ1n) is 7.18. The molecular formula is C13H25N5. The third-order valence-corrected chi connectivity index (χ3v) is 3.98. The summed E-state index contributed by atoms with van der Waals surface area (Å²) in [5.74, 6) is 1.73. The highest BCUT2D eigenvalue weighted by Gasteiger charge is 2.18. The SMILES string of the molecule is CNC(Cc1nnn(C)n1)CC1CCCCCC1. The molecule has 1 fully saturated rings. The van der Waals surface area contributed by atoms with E-state index in [-0.39, 0.29) is 0 Å². The van der Waals surface area contributed by atoms with Crippen molar-refractivity contribution in [3.05, 3.63) is 5.82 Å². The summed E-state index contributed by atoms with van der Waals surface area (Å²) < 4.78 is 0. The summed E-state index contributed by atoms with van der Waals surface area (Å²) in [7, 11) is 3.86. The van der Waals surface area contributed by atoms with Crippen molar-refractivity contribution >= 4 is 0 Å². The first-order valence-corrected chi connectivity index (χ1v) is 7.18. The van der Waals surface area contributed by atoms with Crippen LogP contribution in [0.5, 0.6) is 0 Å². The van der Waals surface area contributed by atoms with E-state index in [0.29, 0.717) is 6.04 Å². The molecule has 1 heterocycles. The molecule has 5 nitrogen and oxygen atoms in total. The summed E-state index contributed by atoms with van der Waals surface area (Å²) in [5, 5.41) is 15.6. The topological polar surface area (TPSA) is 55.6 Å². The van der Waals surface area contributed by atoms with E-state index in [2.05, 4.69) is 20.7 Å². The van der Waals surface area contributed by atoms with Crippen LogP contribution in [0.2, 0.25) is 0 Å². The number of nitrogens with one attached hydrogen (secondary N) is 1. The van der Waals surface area contributed by atoms with Gasteiger partial charge in [-0.3, -0.25) is 0 Å². The van der Waals surface area contributed by atoms with Crippen molar-refractivity contribution in [2.75, 3.05) is 7.05 Å². The second-order valence-corrected chi connectivity index (χ2v) is 5.48. The molecule has 0 amide bonds. The van der Waals surface area contributed by atoms with Gasteiger partial charge in [0.05, 0.1) is 7.05 Å². The van der Waals surface area contributed by atoms with Crippen LogP contribution in [-0.2, 0) is 13.5 Å². The Hall–Kier alpha value is -0.970. The lowest BCUT2D eigenvalue weighted by Gasteiger charge is -2.21. The van der Waals surface area contributed by atoms with Crippen LogP contribution in [-0.4, -0.2) is 33.3 Å². The standard InChI is InChI=1S/C13H25N5/c1-14-12(10-13-15-17-18(2)16-13)9-11-7-5-3-4-6-8-11/h11-12,14H,3-10H2,1-2H3. The first kappa shape index (κ1) is 13.5. The molecule has 5 heteroatoms. The molecule has 1 unspecified atom stereocenters. The van der Waals surface area contributed by atoms with E-state index < -0.39 is 0 Å². The Kier molecular flexibility index (Phi) is 5.11. The summed E-state index contributed by atoms with van der Waals surface area (Å²) in [4.78, 5) is 1.54. The predicted octanol–water partition coefficient (Wildman–Crippen LogP) is 1.70. The van der Waals surface area contributed by atoms with Crippen molar-refractivity contribution in [2.24, 2.45) is 13.0 Å². The van der Waals surface area contributed by atoms with E-state index in [4.69, 9.17) is 0 Å². The molecule has 102 valence electrons. The van der Waals surface area contributed by atoms with Gasteiger partial charge in [-0.2, -0.15) is 4.80 Å². The highest BCUT2D eigenvalue weighted by atomic mass is 15.6. The van der Waals surface area contributed by atoms with Crippen molar-refractivity contribution in [3.63, 3.8) is 0 Å². The molecule has 1 N–H and O–H groups in total. The number of tetrazole rings is 1. The van der Waals surface area contributed by atoms with Gasteiger partial charge in [0.1, 0.15) is 0 Å². The lowest BCUT2D eigenvalue weighted by Crippen LogP contribution is -2.30. The molecule has 0 radical (unpaired) electrons. The van der Waals surface area contributed by atoms with Crippen molar-refractivity contribution in [1.82, 2.24) is 25.5 Å². The normalized spacial score (nSPS) is 19.7. The number of rotatable bonds is 5. The molecule has 0 aromatic carbocycles. The number of nitrogens with zero attached hydrogens (tertiary/aromatic N) is 4. The maximum absolute atomic E-state index is 4.26. The minimum atomic E-state index is 0.484. The fourth-order valence-electron chi connectivity index (χ4n) is 2.93. The van der Waals surface area contributed by atoms with Crippen LogP contribution in [0, 0.1) is 5.92 Å². The quantitative estimate of drug-likeness (QED) is 0.809. The molecule has 1 aliphatic rings. The Balaban J connectivity index is 1.84. The second kappa shape index (κ2) is 6.83. The average Bonchev–Trinajstić information content (AvgIpc) is 2.63. The zero-order valence-electron chi connectivity index (χ0n) is 11.6. The third kappa shape index (κ3) is 4.05. The van der Waals surface area contributed by atoms with Crippen LogP contribution in [0.4, 0.5) is 0 Å². The predicted molar refractivity (Wildman–Crippen MR) is 71.2 cm³/mol. The highest BCUT2D eigenvalue weighted by Crippen LogP contribution is 2.26. The summed E-state index contributed by atoms with van der Waals surface area (Å²) >= 11 is 0. The fourth-order valence-corrected chi connectivity index (χ4v) is 2.93. The summed E-state index contributed by atoms with van der Waals surface area (Å²) in [6.07, 6.45) is 10.6. The van der Waals surface area contributed by atoms with Crippen LogP contribution in [0.3, 0.4) is 0 Å². The molecule has 0 spiro atoms. The van der Waals surface area contributed by atoms with E-state index in [0.717, 1.165) is 18.2 Å². The van der Waals surface area contributed by atoms with Crippen molar-refractivity contribution in [3.8, 4) is 0 Å². The monoisotopic (exact) mass is 251 g/mol. The Morgan fingerprint density at radius 3 is 2.56 bits per heavy atom. The van der Waals surface area contributed by atoms with Gasteiger partial charge in [0, 0.05) is 12.5 Å². The number of aromatic nitrogens is 4. The summed E-state index contributed by atoms with van der Waals surface area (Å²) in [6, 6.07) is 0.484. The van der Waals surface area contributed by atoms with E-state index in [1.807, 2.05) is 14.1 Å². The molecule has 1 saturated carbocycles. The second-order valence-electron chi connectivity index (χ2n) is 5.48. The molecule has 1 aliphatic carbocycles. The molecule has 18 heavy (non-hydrogen) atoms. The smallest absolute Gasteiger partial charge is 0.176 e. The van der Waals surface area contributed by atoms with Gasteiger partial charge in [0.15, 0.2) is 5.82 Å². The highest BCUT2D eigenvalue weighted by molar-refractivity contribution is 4.85. The van der Waals surface area contributed by atoms with Gasteiger partial charge >= 0.3 is 0 Å². The van der Waals surface area contributed by atoms with Gasteiger partial charge < -0.3 is 5.32 Å². The first-order chi connectivity index (χ1) is 8.78. The molecule has 0 aliphatic heterocycles. The van der Waals surface area contributed by atoms with Crippen LogP contribution in [0.1, 0.15) is 50.8 Å². The minimum Gasteiger partial charge on any atom is -0.317 e. The van der Waals surface area contributed by atoms with E-state index >= 15 is 0 Å². The summed E-state index contributed by atoms with van der Waals surface area (Å²) in [6.45, 7) is 0. The van der Waals surface area contributed by atoms with Crippen molar-refractivity contribution < 1.29 is 0 Å². The zero-order chi connectivity index (χ0) is 12.8. The van der Waals surface area contributed by atoms with Gasteiger partial charge in [-0.05, 0) is 24.6 Å². The third-order valence-electron chi connectivity index (χ3n) is 3.98. The molecule has 0 saturated heterocycles. The van der Waals surface area contributed by atoms with Crippen LogP contribution >= 0.6 is 0 Å². The van der Waals surface area contributed by atoms with E-state index in [9.17, 15) is 0 Å². The molecule has 1 aromatic rings. The Bertz CT molecular complexity index is 341.